The third-order valence-corrected chi connectivity index (χ3v) is 4.73. The Morgan fingerprint density at radius 2 is 2.33 bits per heavy atom. The molecule has 0 fully saturated rings. The van der Waals surface area contributed by atoms with E-state index in [1.165, 1.54) is 0 Å². The molecule has 2 rings (SSSR count). The molecule has 1 atom stereocenters. The third-order valence-electron chi connectivity index (χ3n) is 2.87. The standard InChI is InChI=1S/C14H19N3O2S2/c1-3-19-12(18)5-4-11-9-21-14(17-11)16-8-10(2)13-15-6-7-20-13/h6-7,9-10H,3-5,8H2,1-2H3,(H,16,17). The second-order valence-electron chi connectivity index (χ2n) is 4.60. The molecule has 0 aromatic carbocycles. The summed E-state index contributed by atoms with van der Waals surface area (Å²) < 4.78 is 4.91. The van der Waals surface area contributed by atoms with Crippen molar-refractivity contribution in [3.05, 3.63) is 27.7 Å². The lowest BCUT2D eigenvalue weighted by Crippen LogP contribution is -2.09. The number of esters is 1. The highest BCUT2D eigenvalue weighted by molar-refractivity contribution is 7.13. The van der Waals surface area contributed by atoms with Crippen LogP contribution in [-0.4, -0.2) is 29.1 Å². The largest absolute Gasteiger partial charge is 0.466 e. The van der Waals surface area contributed by atoms with E-state index < -0.39 is 0 Å². The molecule has 2 aromatic heterocycles. The molecule has 114 valence electrons. The summed E-state index contributed by atoms with van der Waals surface area (Å²) in [6.45, 7) is 5.18. The number of hydrogen-bond donors (Lipinski definition) is 1. The van der Waals surface area contributed by atoms with E-state index in [4.69, 9.17) is 4.74 Å². The van der Waals surface area contributed by atoms with Crippen molar-refractivity contribution in [3.8, 4) is 0 Å². The van der Waals surface area contributed by atoms with Gasteiger partial charge in [-0.25, -0.2) is 9.97 Å². The Labute approximate surface area is 132 Å². The van der Waals surface area contributed by atoms with Gasteiger partial charge in [0.1, 0.15) is 0 Å². The van der Waals surface area contributed by atoms with Crippen molar-refractivity contribution in [2.24, 2.45) is 0 Å². The fraction of sp³-hybridized carbons (Fsp3) is 0.500. The second-order valence-corrected chi connectivity index (χ2v) is 6.39. The number of carbonyl (C=O) groups is 1. The summed E-state index contributed by atoms with van der Waals surface area (Å²) in [5.74, 6) is 0.189. The van der Waals surface area contributed by atoms with E-state index in [9.17, 15) is 4.79 Å². The van der Waals surface area contributed by atoms with Crippen molar-refractivity contribution in [1.29, 1.82) is 0 Å². The zero-order valence-electron chi connectivity index (χ0n) is 12.2. The van der Waals surface area contributed by atoms with Gasteiger partial charge in [0.2, 0.25) is 0 Å². The molecular formula is C14H19N3O2S2. The van der Waals surface area contributed by atoms with Crippen molar-refractivity contribution >= 4 is 33.8 Å². The number of nitrogens with one attached hydrogen (secondary N) is 1. The number of ether oxygens (including phenoxy) is 1. The Morgan fingerprint density at radius 1 is 1.48 bits per heavy atom. The lowest BCUT2D eigenvalue weighted by molar-refractivity contribution is -0.143. The van der Waals surface area contributed by atoms with Crippen LogP contribution in [0, 0.1) is 0 Å². The Bertz CT molecular complexity index is 554. The molecular weight excluding hydrogens is 306 g/mol. The summed E-state index contributed by atoms with van der Waals surface area (Å²) >= 11 is 3.23. The molecule has 0 saturated carbocycles. The number of carbonyl (C=O) groups excluding carboxylic acids is 1. The molecule has 0 radical (unpaired) electrons. The van der Waals surface area contributed by atoms with Crippen molar-refractivity contribution in [1.82, 2.24) is 9.97 Å². The quantitative estimate of drug-likeness (QED) is 0.754. The molecule has 0 bridgehead atoms. The van der Waals surface area contributed by atoms with Crippen LogP contribution in [0.4, 0.5) is 5.13 Å². The van der Waals surface area contributed by atoms with E-state index in [1.807, 2.05) is 23.9 Å². The second kappa shape index (κ2) is 8.09. The lowest BCUT2D eigenvalue weighted by Gasteiger charge is -2.08. The minimum Gasteiger partial charge on any atom is -0.466 e. The predicted octanol–water partition coefficient (Wildman–Crippen LogP) is 3.31. The van der Waals surface area contributed by atoms with E-state index in [1.54, 1.807) is 22.7 Å². The maximum absolute atomic E-state index is 11.3. The fourth-order valence-corrected chi connectivity index (χ4v) is 3.23. The highest BCUT2D eigenvalue weighted by Gasteiger charge is 2.10. The molecule has 21 heavy (non-hydrogen) atoms. The summed E-state index contributed by atoms with van der Waals surface area (Å²) in [4.78, 5) is 20.1. The molecule has 0 saturated heterocycles. The molecule has 0 aliphatic heterocycles. The molecule has 1 unspecified atom stereocenters. The maximum atomic E-state index is 11.3. The van der Waals surface area contributed by atoms with Gasteiger partial charge in [-0.2, -0.15) is 0 Å². The zero-order chi connectivity index (χ0) is 15.1. The van der Waals surface area contributed by atoms with E-state index >= 15 is 0 Å². The number of anilines is 1. The van der Waals surface area contributed by atoms with Crippen LogP contribution < -0.4 is 5.32 Å². The Morgan fingerprint density at radius 3 is 3.05 bits per heavy atom. The number of hydrogen-bond acceptors (Lipinski definition) is 7. The van der Waals surface area contributed by atoms with Gasteiger partial charge in [-0.15, -0.1) is 22.7 Å². The van der Waals surface area contributed by atoms with E-state index in [0.717, 1.165) is 22.4 Å². The topological polar surface area (TPSA) is 64.1 Å². The molecule has 0 spiro atoms. The summed E-state index contributed by atoms with van der Waals surface area (Å²) in [6, 6.07) is 0. The fourth-order valence-electron chi connectivity index (χ4n) is 1.77. The summed E-state index contributed by atoms with van der Waals surface area (Å²) in [5.41, 5.74) is 0.928. The van der Waals surface area contributed by atoms with Crippen molar-refractivity contribution in [2.45, 2.75) is 32.6 Å². The Kier molecular flexibility index (Phi) is 6.13. The smallest absolute Gasteiger partial charge is 0.306 e. The first-order chi connectivity index (χ1) is 10.2. The Hall–Kier alpha value is -1.47. The van der Waals surface area contributed by atoms with Gasteiger partial charge < -0.3 is 10.1 Å². The van der Waals surface area contributed by atoms with Gasteiger partial charge in [0.15, 0.2) is 5.13 Å². The minimum atomic E-state index is -0.169. The molecule has 7 heteroatoms. The average Bonchev–Trinajstić information content (AvgIpc) is 3.14. The Balaban J connectivity index is 1.76. The highest BCUT2D eigenvalue weighted by Crippen LogP contribution is 2.21. The van der Waals surface area contributed by atoms with Crippen LogP contribution in [0.2, 0.25) is 0 Å². The van der Waals surface area contributed by atoms with Crippen molar-refractivity contribution in [2.75, 3.05) is 18.5 Å². The summed E-state index contributed by atoms with van der Waals surface area (Å²) in [7, 11) is 0. The van der Waals surface area contributed by atoms with E-state index in [0.29, 0.717) is 25.4 Å². The first-order valence-electron chi connectivity index (χ1n) is 6.92. The SMILES string of the molecule is CCOC(=O)CCc1csc(NCC(C)c2nccs2)n1. The number of rotatable bonds is 8. The third kappa shape index (κ3) is 5.09. The first kappa shape index (κ1) is 15.9. The lowest BCUT2D eigenvalue weighted by atomic mass is 10.2. The van der Waals surface area contributed by atoms with Gasteiger partial charge in [-0.3, -0.25) is 4.79 Å². The molecule has 1 N–H and O–H groups in total. The maximum Gasteiger partial charge on any atom is 0.306 e. The first-order valence-corrected chi connectivity index (χ1v) is 8.68. The van der Waals surface area contributed by atoms with Crippen molar-refractivity contribution in [3.63, 3.8) is 0 Å². The van der Waals surface area contributed by atoms with Gasteiger partial charge in [-0.05, 0) is 6.92 Å². The van der Waals surface area contributed by atoms with Gasteiger partial charge in [-0.1, -0.05) is 6.92 Å². The number of thiazole rings is 2. The molecule has 0 amide bonds. The van der Waals surface area contributed by atoms with Gasteiger partial charge in [0.25, 0.3) is 0 Å². The number of aromatic nitrogens is 2. The summed E-state index contributed by atoms with van der Waals surface area (Å²) in [6.07, 6.45) is 2.83. The van der Waals surface area contributed by atoms with Crippen LogP contribution in [0.3, 0.4) is 0 Å². The number of nitrogens with zero attached hydrogens (tertiary/aromatic N) is 2. The van der Waals surface area contributed by atoms with Crippen LogP contribution in [0.15, 0.2) is 17.0 Å². The monoisotopic (exact) mass is 325 g/mol. The van der Waals surface area contributed by atoms with Crippen molar-refractivity contribution < 1.29 is 9.53 Å². The normalized spacial score (nSPS) is 12.1. The van der Waals surface area contributed by atoms with Gasteiger partial charge >= 0.3 is 5.97 Å². The van der Waals surface area contributed by atoms with Crippen LogP contribution in [0.1, 0.15) is 36.9 Å². The predicted molar refractivity (Wildman–Crippen MR) is 86.1 cm³/mol. The van der Waals surface area contributed by atoms with Crippen LogP contribution >= 0.6 is 22.7 Å². The van der Waals surface area contributed by atoms with Crippen LogP contribution in [-0.2, 0) is 16.0 Å². The minimum absolute atomic E-state index is 0.169. The van der Waals surface area contributed by atoms with Crippen LogP contribution in [0.5, 0.6) is 0 Å². The van der Waals surface area contributed by atoms with E-state index in [2.05, 4.69) is 22.2 Å². The highest BCUT2D eigenvalue weighted by atomic mass is 32.1. The number of aryl methyl sites for hydroxylation is 1. The molecule has 2 heterocycles. The van der Waals surface area contributed by atoms with Gasteiger partial charge in [0.05, 0.1) is 23.7 Å². The molecule has 5 nitrogen and oxygen atoms in total. The zero-order valence-corrected chi connectivity index (χ0v) is 13.8. The van der Waals surface area contributed by atoms with Gasteiger partial charge in [0, 0.05) is 35.8 Å². The molecule has 0 aliphatic rings. The van der Waals surface area contributed by atoms with E-state index in [-0.39, 0.29) is 5.97 Å². The molecule has 0 aliphatic carbocycles. The summed E-state index contributed by atoms with van der Waals surface area (Å²) in [5, 5.41) is 9.31. The average molecular weight is 325 g/mol. The van der Waals surface area contributed by atoms with Crippen LogP contribution in [0.25, 0.3) is 0 Å². The molecule has 2 aromatic rings.